The van der Waals surface area contributed by atoms with Gasteiger partial charge in [-0.25, -0.2) is 4.79 Å². The third-order valence-electron chi connectivity index (χ3n) is 7.19. The maximum atomic E-state index is 12.4. The molecule has 0 amide bonds. The molecule has 0 N–H and O–H groups in total. The average molecular weight is 448 g/mol. The summed E-state index contributed by atoms with van der Waals surface area (Å²) < 4.78 is 17.2. The van der Waals surface area contributed by atoms with Gasteiger partial charge < -0.3 is 14.2 Å². The normalized spacial score (nSPS) is 23.2. The molecule has 2 heterocycles. The maximum absolute atomic E-state index is 12.4. The molecule has 0 saturated heterocycles. The Morgan fingerprint density at radius 3 is 2.73 bits per heavy atom. The highest BCUT2D eigenvalue weighted by Crippen LogP contribution is 2.64. The SMILES string of the molecule is CCCCCCCCCCCOC(=O)Oc1cccc2c1OC1=CC=CC3=CN=C4CC4C312. The summed E-state index contributed by atoms with van der Waals surface area (Å²) >= 11 is 0. The van der Waals surface area contributed by atoms with Crippen molar-refractivity contribution in [2.24, 2.45) is 10.9 Å². The highest BCUT2D eigenvalue weighted by Gasteiger charge is 2.62. The molecule has 1 fully saturated rings. The third-order valence-corrected chi connectivity index (χ3v) is 7.19. The number of hydrogen-bond donors (Lipinski definition) is 0. The number of para-hydroxylation sites is 1. The molecule has 0 aromatic heterocycles. The monoisotopic (exact) mass is 447 g/mol. The molecule has 174 valence electrons. The van der Waals surface area contributed by atoms with Crippen LogP contribution in [0.5, 0.6) is 11.5 Å². The Labute approximate surface area is 196 Å². The van der Waals surface area contributed by atoms with Crippen LogP contribution >= 0.6 is 0 Å². The van der Waals surface area contributed by atoms with Crippen LogP contribution < -0.4 is 9.47 Å². The van der Waals surface area contributed by atoms with E-state index in [2.05, 4.69) is 24.1 Å². The number of carbonyl (C=O) groups excluding carboxylic acids is 1. The lowest BCUT2D eigenvalue weighted by Crippen LogP contribution is -2.34. The van der Waals surface area contributed by atoms with Crippen LogP contribution in [0.4, 0.5) is 4.79 Å². The number of nitrogens with zero attached hydrogens (tertiary/aromatic N) is 1. The molecule has 2 unspecified atom stereocenters. The van der Waals surface area contributed by atoms with Crippen molar-refractivity contribution in [2.45, 2.75) is 76.5 Å². The first-order chi connectivity index (χ1) is 16.2. The number of allylic oxidation sites excluding steroid dienone is 4. The quantitative estimate of drug-likeness (QED) is 0.205. The molecular weight excluding hydrogens is 414 g/mol. The lowest BCUT2D eigenvalue weighted by atomic mass is 9.67. The van der Waals surface area contributed by atoms with Crippen molar-refractivity contribution in [1.82, 2.24) is 0 Å². The van der Waals surface area contributed by atoms with Gasteiger partial charge in [-0.15, -0.1) is 0 Å². The van der Waals surface area contributed by atoms with Crippen molar-refractivity contribution in [3.05, 3.63) is 59.5 Å². The van der Waals surface area contributed by atoms with E-state index in [-0.39, 0.29) is 5.41 Å². The Kier molecular flexibility index (Phi) is 6.39. The van der Waals surface area contributed by atoms with Crippen molar-refractivity contribution < 1.29 is 19.0 Å². The predicted molar refractivity (Wildman–Crippen MR) is 129 cm³/mol. The van der Waals surface area contributed by atoms with Gasteiger partial charge in [-0.2, -0.15) is 0 Å². The smallest absolute Gasteiger partial charge is 0.456 e. The zero-order chi connectivity index (χ0) is 22.7. The summed E-state index contributed by atoms with van der Waals surface area (Å²) in [6, 6.07) is 5.77. The fourth-order valence-electron chi connectivity index (χ4n) is 5.41. The highest BCUT2D eigenvalue weighted by atomic mass is 16.7. The molecule has 5 heteroatoms. The van der Waals surface area contributed by atoms with E-state index in [0.717, 1.165) is 36.2 Å². The maximum Gasteiger partial charge on any atom is 0.513 e. The van der Waals surface area contributed by atoms with Crippen LogP contribution in [0, 0.1) is 5.92 Å². The Hall–Kier alpha value is -2.82. The number of ether oxygens (including phenoxy) is 3. The van der Waals surface area contributed by atoms with Crippen molar-refractivity contribution in [1.29, 1.82) is 0 Å². The van der Waals surface area contributed by atoms with Crippen LogP contribution in [0.15, 0.2) is 59.0 Å². The molecule has 1 aromatic rings. The minimum absolute atomic E-state index is 0.323. The Morgan fingerprint density at radius 1 is 1.12 bits per heavy atom. The molecule has 0 radical (unpaired) electrons. The number of benzene rings is 1. The average Bonchev–Trinajstić information content (AvgIpc) is 3.55. The molecule has 1 spiro atoms. The Balaban J connectivity index is 1.14. The second kappa shape index (κ2) is 9.58. The van der Waals surface area contributed by atoms with Gasteiger partial charge >= 0.3 is 6.16 Å². The van der Waals surface area contributed by atoms with Gasteiger partial charge in [-0.3, -0.25) is 4.99 Å². The number of unbranched alkanes of at least 4 members (excludes halogenated alkanes) is 8. The van der Waals surface area contributed by atoms with E-state index in [1.54, 1.807) is 6.07 Å². The zero-order valence-corrected chi connectivity index (χ0v) is 19.5. The molecule has 2 aliphatic carbocycles. The first-order valence-electron chi connectivity index (χ1n) is 12.6. The number of aliphatic imine (C=N–C) groups is 1. The highest BCUT2D eigenvalue weighted by molar-refractivity contribution is 6.06. The Bertz CT molecular complexity index is 1030. The molecule has 2 atom stereocenters. The predicted octanol–water partition coefficient (Wildman–Crippen LogP) is 7.18. The standard InChI is InChI=1S/C28H33NO4/c1-2-3-4-5-6-7-8-9-10-17-31-27(30)32-24-15-12-14-21-26(24)33-25-16-11-13-20-19-29-23-18-22(23)28(20,21)25/h11-16,19,22H,2-10,17-18H2,1H3. The first kappa shape index (κ1) is 22.0. The van der Waals surface area contributed by atoms with Crippen LogP contribution in [-0.2, 0) is 10.2 Å². The summed E-state index contributed by atoms with van der Waals surface area (Å²) in [5.74, 6) is 2.24. The summed E-state index contributed by atoms with van der Waals surface area (Å²) in [5.41, 5.74) is 3.06. The molecule has 5 nitrogen and oxygen atoms in total. The molecule has 0 bridgehead atoms. The number of hydrogen-bond acceptors (Lipinski definition) is 5. The van der Waals surface area contributed by atoms with E-state index in [1.807, 2.05) is 24.4 Å². The molecular formula is C28H33NO4. The number of rotatable bonds is 11. The summed E-state index contributed by atoms with van der Waals surface area (Å²) in [7, 11) is 0. The van der Waals surface area contributed by atoms with Gasteiger partial charge in [-0.05, 0) is 30.6 Å². The molecule has 1 aromatic carbocycles. The topological polar surface area (TPSA) is 57.1 Å². The van der Waals surface area contributed by atoms with Crippen LogP contribution in [0.25, 0.3) is 0 Å². The van der Waals surface area contributed by atoms with E-state index >= 15 is 0 Å². The minimum atomic E-state index is -0.667. The van der Waals surface area contributed by atoms with Crippen LogP contribution in [-0.4, -0.2) is 18.5 Å². The van der Waals surface area contributed by atoms with E-state index in [9.17, 15) is 4.79 Å². The summed E-state index contributed by atoms with van der Waals surface area (Å²) in [6.07, 6.45) is 19.4. The van der Waals surface area contributed by atoms with Crippen molar-refractivity contribution in [3.8, 4) is 11.5 Å². The van der Waals surface area contributed by atoms with Crippen LogP contribution in [0.2, 0.25) is 0 Å². The number of fused-ring (bicyclic) bond motifs is 2. The largest absolute Gasteiger partial charge is 0.513 e. The van der Waals surface area contributed by atoms with Crippen LogP contribution in [0.1, 0.15) is 76.7 Å². The Morgan fingerprint density at radius 2 is 1.91 bits per heavy atom. The van der Waals surface area contributed by atoms with Crippen molar-refractivity contribution in [2.75, 3.05) is 6.61 Å². The molecule has 2 aliphatic heterocycles. The second-order valence-electron chi connectivity index (χ2n) is 9.42. The van der Waals surface area contributed by atoms with E-state index in [4.69, 9.17) is 14.2 Å². The summed E-state index contributed by atoms with van der Waals surface area (Å²) in [6.45, 7) is 2.63. The van der Waals surface area contributed by atoms with E-state index in [1.165, 1.54) is 50.7 Å². The van der Waals surface area contributed by atoms with Gasteiger partial charge in [0, 0.05) is 23.4 Å². The van der Waals surface area contributed by atoms with Crippen molar-refractivity contribution >= 4 is 11.9 Å². The van der Waals surface area contributed by atoms with Crippen molar-refractivity contribution in [3.63, 3.8) is 0 Å². The fraction of sp³-hybridized carbons (Fsp3) is 0.500. The minimum Gasteiger partial charge on any atom is -0.456 e. The molecule has 4 aliphatic rings. The summed E-state index contributed by atoms with van der Waals surface area (Å²) in [4.78, 5) is 16.9. The number of carbonyl (C=O) groups is 1. The van der Waals surface area contributed by atoms with Gasteiger partial charge in [0.05, 0.1) is 12.0 Å². The van der Waals surface area contributed by atoms with Gasteiger partial charge in [0.1, 0.15) is 5.76 Å². The zero-order valence-electron chi connectivity index (χ0n) is 19.5. The van der Waals surface area contributed by atoms with Gasteiger partial charge in [0.25, 0.3) is 0 Å². The lowest BCUT2D eigenvalue weighted by molar-refractivity contribution is 0.0963. The van der Waals surface area contributed by atoms with E-state index < -0.39 is 6.16 Å². The second-order valence-corrected chi connectivity index (χ2v) is 9.42. The third kappa shape index (κ3) is 4.14. The summed E-state index contributed by atoms with van der Waals surface area (Å²) in [5, 5.41) is 0. The van der Waals surface area contributed by atoms with Gasteiger partial charge in [-0.1, -0.05) is 82.6 Å². The fourth-order valence-corrected chi connectivity index (χ4v) is 5.41. The molecule has 33 heavy (non-hydrogen) atoms. The first-order valence-corrected chi connectivity index (χ1v) is 12.6. The lowest BCUT2D eigenvalue weighted by Gasteiger charge is -2.33. The van der Waals surface area contributed by atoms with Gasteiger partial charge in [0.2, 0.25) is 0 Å². The molecule has 1 saturated carbocycles. The molecule has 5 rings (SSSR count). The van der Waals surface area contributed by atoms with E-state index in [0.29, 0.717) is 24.0 Å². The van der Waals surface area contributed by atoms with Gasteiger partial charge in [0.15, 0.2) is 11.5 Å². The van der Waals surface area contributed by atoms with Crippen LogP contribution in [0.3, 0.4) is 0 Å².